The fraction of sp³-hybridized carbons (Fsp3) is 0.111. The number of nitrogens with zero attached hydrogens (tertiary/aromatic N) is 4. The second-order valence-electron chi connectivity index (χ2n) is 9.09. The van der Waals surface area contributed by atoms with Crippen LogP contribution in [0, 0.1) is 20.2 Å². The van der Waals surface area contributed by atoms with Crippen molar-refractivity contribution in [2.75, 3.05) is 0 Å². The van der Waals surface area contributed by atoms with Crippen LogP contribution in [-0.2, 0) is 6.42 Å². The number of nitro benzene ring substituents is 2. The normalized spacial score (nSPS) is 16.2. The Balaban J connectivity index is 1.62. The molecule has 0 bridgehead atoms. The highest BCUT2D eigenvalue weighted by Gasteiger charge is 2.33. The average Bonchev–Trinajstić information content (AvgIpc) is 3.23. The summed E-state index contributed by atoms with van der Waals surface area (Å²) in [6.45, 7) is 0. The molecule has 6 rings (SSSR count). The molecular formula is C27H17BrN4O6S. The summed E-state index contributed by atoms with van der Waals surface area (Å²) in [5.41, 5.74) is 3.76. The fourth-order valence-electron chi connectivity index (χ4n) is 5.11. The number of non-ortho nitro benzene ring substituents is 1. The minimum absolute atomic E-state index is 0.0776. The minimum Gasteiger partial charge on any atom is -0.501 e. The van der Waals surface area contributed by atoms with Gasteiger partial charge in [-0.15, -0.1) is 0 Å². The van der Waals surface area contributed by atoms with E-state index in [4.69, 9.17) is 4.99 Å². The number of hydrogen-bond acceptors (Lipinski definition) is 8. The predicted octanol–water partition coefficient (Wildman–Crippen LogP) is 4.60. The third kappa shape index (κ3) is 4.17. The van der Waals surface area contributed by atoms with Crippen molar-refractivity contribution >= 4 is 50.4 Å². The highest BCUT2D eigenvalue weighted by atomic mass is 79.9. The number of aromatic nitrogens is 1. The molecule has 2 aliphatic rings. The van der Waals surface area contributed by atoms with Crippen LogP contribution in [0.2, 0.25) is 0 Å². The van der Waals surface area contributed by atoms with Crippen molar-refractivity contribution in [2.45, 2.75) is 18.9 Å². The molecule has 10 nitrogen and oxygen atoms in total. The lowest BCUT2D eigenvalue weighted by molar-refractivity contribution is -0.386. The van der Waals surface area contributed by atoms with Crippen molar-refractivity contribution in [2.24, 2.45) is 4.99 Å². The minimum atomic E-state index is -0.702. The van der Waals surface area contributed by atoms with Crippen molar-refractivity contribution in [1.29, 1.82) is 0 Å². The van der Waals surface area contributed by atoms with Gasteiger partial charge >= 0.3 is 5.69 Å². The summed E-state index contributed by atoms with van der Waals surface area (Å²) in [7, 11) is 0. The van der Waals surface area contributed by atoms with Gasteiger partial charge in [0.2, 0.25) is 5.75 Å². The van der Waals surface area contributed by atoms with Gasteiger partial charge in [-0.25, -0.2) is 4.99 Å². The lowest BCUT2D eigenvalue weighted by Gasteiger charge is -2.30. The molecule has 1 aliphatic carbocycles. The third-order valence-electron chi connectivity index (χ3n) is 6.83. The molecule has 1 N–H and O–H groups in total. The van der Waals surface area contributed by atoms with E-state index in [0.29, 0.717) is 22.3 Å². The number of rotatable bonds is 4. The molecule has 0 saturated carbocycles. The molecule has 4 aromatic rings. The zero-order chi connectivity index (χ0) is 27.4. The van der Waals surface area contributed by atoms with Crippen molar-refractivity contribution in [3.8, 4) is 5.75 Å². The number of nitro groups is 2. The van der Waals surface area contributed by atoms with Gasteiger partial charge in [0.05, 0.1) is 30.6 Å². The molecule has 0 amide bonds. The van der Waals surface area contributed by atoms with Gasteiger partial charge < -0.3 is 5.11 Å². The molecule has 12 heteroatoms. The van der Waals surface area contributed by atoms with Gasteiger partial charge in [0.1, 0.15) is 0 Å². The van der Waals surface area contributed by atoms with E-state index in [1.165, 1.54) is 30.3 Å². The zero-order valence-electron chi connectivity index (χ0n) is 19.9. The second-order valence-corrected chi connectivity index (χ2v) is 11.0. The van der Waals surface area contributed by atoms with E-state index in [-0.39, 0.29) is 20.3 Å². The molecule has 0 saturated heterocycles. The van der Waals surface area contributed by atoms with E-state index < -0.39 is 27.3 Å². The fourth-order valence-corrected chi connectivity index (χ4v) is 6.58. The van der Waals surface area contributed by atoms with Crippen LogP contribution in [0.1, 0.15) is 34.7 Å². The lowest BCUT2D eigenvalue weighted by Crippen LogP contribution is -2.38. The third-order valence-corrected chi connectivity index (χ3v) is 8.42. The maximum atomic E-state index is 13.8. The number of allylic oxidation sites excluding steroid dienone is 1. The average molecular weight is 605 g/mol. The highest BCUT2D eigenvalue weighted by molar-refractivity contribution is 9.10. The number of hydrogen-bond donors (Lipinski definition) is 1. The summed E-state index contributed by atoms with van der Waals surface area (Å²) in [5.74, 6) is -0.504. The highest BCUT2D eigenvalue weighted by Crippen LogP contribution is 2.41. The number of fused-ring (bicyclic) bond motifs is 3. The Hall–Kier alpha value is -4.42. The summed E-state index contributed by atoms with van der Waals surface area (Å²) in [6, 6.07) is 16.3. The van der Waals surface area contributed by atoms with Gasteiger partial charge in [0.15, 0.2) is 4.80 Å². The largest absolute Gasteiger partial charge is 0.501 e. The van der Waals surface area contributed by atoms with Gasteiger partial charge in [0.25, 0.3) is 11.2 Å². The van der Waals surface area contributed by atoms with Crippen LogP contribution in [-0.4, -0.2) is 19.5 Å². The van der Waals surface area contributed by atoms with E-state index in [2.05, 4.69) is 15.9 Å². The number of thiazole rings is 1. The van der Waals surface area contributed by atoms with Gasteiger partial charge in [-0.05, 0) is 63.2 Å². The van der Waals surface area contributed by atoms with E-state index >= 15 is 0 Å². The first-order chi connectivity index (χ1) is 18.7. The molecule has 1 aliphatic heterocycles. The molecule has 1 aromatic heterocycles. The Labute approximate surface area is 231 Å². The van der Waals surface area contributed by atoms with Crippen molar-refractivity contribution < 1.29 is 15.0 Å². The SMILES string of the molecule is O=c1/c(=C\c2cc(Br)c(O)c([N+](=O)[O-])c2)sc2n1C(c1cccc([N+](=O)[O-])c1)C1=C(N=2)c2ccccc2CC1. The summed E-state index contributed by atoms with van der Waals surface area (Å²) in [4.78, 5) is 41.0. The summed E-state index contributed by atoms with van der Waals surface area (Å²) >= 11 is 4.27. The smallest absolute Gasteiger partial charge is 0.312 e. The van der Waals surface area contributed by atoms with E-state index in [9.17, 15) is 30.1 Å². The first kappa shape index (κ1) is 24.9. The van der Waals surface area contributed by atoms with Crippen molar-refractivity contribution in [3.05, 3.63) is 133 Å². The predicted molar refractivity (Wildman–Crippen MR) is 148 cm³/mol. The molecule has 194 valence electrons. The Morgan fingerprint density at radius 1 is 1.05 bits per heavy atom. The molecular weight excluding hydrogens is 588 g/mol. The Morgan fingerprint density at radius 2 is 1.85 bits per heavy atom. The van der Waals surface area contributed by atoms with Gasteiger partial charge in [-0.3, -0.25) is 29.6 Å². The standard InChI is InChI=1S/C27H17BrN4O6S/c28-20-10-14(11-21(25(20)33)32(37)38)12-22-26(34)30-24(16-5-3-6-17(13-16)31(35)36)19-9-8-15-4-1-2-7-18(15)23(19)29-27(30)39-22/h1-7,10-13,24,33H,8-9H2/b22-12+. The molecule has 0 radical (unpaired) electrons. The molecule has 0 spiro atoms. The quantitative estimate of drug-likeness (QED) is 0.266. The van der Waals surface area contributed by atoms with Gasteiger partial charge in [-0.1, -0.05) is 47.7 Å². The van der Waals surface area contributed by atoms with Crippen molar-refractivity contribution in [1.82, 2.24) is 4.57 Å². The topological polar surface area (TPSA) is 141 Å². The Bertz CT molecular complexity index is 1940. The van der Waals surface area contributed by atoms with Gasteiger partial charge in [-0.2, -0.15) is 0 Å². The van der Waals surface area contributed by atoms with E-state index in [1.807, 2.05) is 24.3 Å². The summed E-state index contributed by atoms with van der Waals surface area (Å²) in [6.07, 6.45) is 2.89. The van der Waals surface area contributed by atoms with Crippen LogP contribution in [0.3, 0.4) is 0 Å². The number of aryl methyl sites for hydroxylation is 1. The first-order valence-corrected chi connectivity index (χ1v) is 13.4. The number of halogens is 1. The molecule has 3 aromatic carbocycles. The van der Waals surface area contributed by atoms with Crippen LogP contribution in [0.5, 0.6) is 5.75 Å². The Kier molecular flexibility index (Phi) is 6.00. The van der Waals surface area contributed by atoms with Crippen molar-refractivity contribution in [3.63, 3.8) is 0 Å². The summed E-state index contributed by atoms with van der Waals surface area (Å²) < 4.78 is 1.95. The monoisotopic (exact) mass is 604 g/mol. The number of aromatic hydroxyl groups is 1. The van der Waals surface area contributed by atoms with Crippen LogP contribution >= 0.6 is 27.3 Å². The Morgan fingerprint density at radius 3 is 2.62 bits per heavy atom. The van der Waals surface area contributed by atoms with Crippen LogP contribution in [0.25, 0.3) is 11.8 Å². The molecule has 1 atom stereocenters. The summed E-state index contributed by atoms with van der Waals surface area (Å²) in [5, 5.41) is 33.0. The molecule has 2 heterocycles. The second kappa shape index (κ2) is 9.40. The maximum absolute atomic E-state index is 13.8. The van der Waals surface area contributed by atoms with Crippen LogP contribution < -0.4 is 14.9 Å². The number of benzene rings is 3. The van der Waals surface area contributed by atoms with Gasteiger partial charge in [0, 0.05) is 23.8 Å². The molecule has 0 fully saturated rings. The first-order valence-electron chi connectivity index (χ1n) is 11.8. The maximum Gasteiger partial charge on any atom is 0.312 e. The number of phenolic OH excluding ortho intramolecular Hbond substituents is 1. The molecule has 1 unspecified atom stereocenters. The number of phenols is 1. The van der Waals surface area contributed by atoms with Crippen LogP contribution in [0.4, 0.5) is 11.4 Å². The lowest BCUT2D eigenvalue weighted by atomic mass is 9.83. The van der Waals surface area contributed by atoms with E-state index in [1.54, 1.807) is 16.7 Å². The zero-order valence-corrected chi connectivity index (χ0v) is 22.3. The van der Waals surface area contributed by atoms with Crippen LogP contribution in [0.15, 0.2) is 80.5 Å². The van der Waals surface area contributed by atoms with E-state index in [0.717, 1.165) is 40.2 Å². The molecule has 39 heavy (non-hydrogen) atoms.